The van der Waals surface area contributed by atoms with Crippen molar-refractivity contribution in [2.45, 2.75) is 19.4 Å². The molecule has 0 saturated heterocycles. The van der Waals surface area contributed by atoms with Gasteiger partial charge in [-0.2, -0.15) is 0 Å². The summed E-state index contributed by atoms with van der Waals surface area (Å²) in [5, 5.41) is 2.78. The molecule has 0 saturated carbocycles. The van der Waals surface area contributed by atoms with Gasteiger partial charge in [-0.05, 0) is 24.1 Å². The maximum atomic E-state index is 11.7. The first kappa shape index (κ1) is 11.0. The van der Waals surface area contributed by atoms with Gasteiger partial charge in [-0.1, -0.05) is 13.0 Å². The van der Waals surface area contributed by atoms with Gasteiger partial charge in [-0.3, -0.25) is 4.79 Å². The van der Waals surface area contributed by atoms with Crippen LogP contribution in [0.3, 0.4) is 0 Å². The van der Waals surface area contributed by atoms with Gasteiger partial charge in [0.1, 0.15) is 12.4 Å². The number of benzene rings is 1. The molecule has 1 aromatic rings. The average molecular weight is 220 g/mol. The third kappa shape index (κ3) is 2.02. The lowest BCUT2D eigenvalue weighted by molar-refractivity contribution is 0.0957. The van der Waals surface area contributed by atoms with E-state index < -0.39 is 0 Å². The number of rotatable bonds is 2. The Kier molecular flexibility index (Phi) is 3.10. The highest BCUT2D eigenvalue weighted by Gasteiger charge is 2.17. The van der Waals surface area contributed by atoms with E-state index in [2.05, 4.69) is 5.32 Å². The zero-order valence-electron chi connectivity index (χ0n) is 9.32. The summed E-state index contributed by atoms with van der Waals surface area (Å²) < 4.78 is 5.46. The maximum absolute atomic E-state index is 11.7. The number of hydrogen-bond acceptors (Lipinski definition) is 3. The van der Waals surface area contributed by atoms with Gasteiger partial charge in [-0.25, -0.2) is 0 Å². The van der Waals surface area contributed by atoms with Crippen molar-refractivity contribution in [3.05, 3.63) is 29.3 Å². The highest BCUT2D eigenvalue weighted by atomic mass is 16.5. The Balaban J connectivity index is 2.39. The predicted molar refractivity (Wildman–Crippen MR) is 61.5 cm³/mol. The van der Waals surface area contributed by atoms with Crippen molar-refractivity contribution >= 4 is 5.91 Å². The van der Waals surface area contributed by atoms with Gasteiger partial charge in [0.25, 0.3) is 5.91 Å². The molecule has 1 atom stereocenters. The molecule has 4 heteroatoms. The molecule has 1 heterocycles. The van der Waals surface area contributed by atoms with Crippen LogP contribution in [-0.4, -0.2) is 19.1 Å². The third-order valence-electron chi connectivity index (χ3n) is 2.76. The molecule has 0 bridgehead atoms. The first-order valence-corrected chi connectivity index (χ1v) is 5.53. The molecule has 16 heavy (non-hydrogen) atoms. The van der Waals surface area contributed by atoms with Gasteiger partial charge in [0, 0.05) is 6.04 Å². The Bertz CT molecular complexity index is 404. The second kappa shape index (κ2) is 4.53. The van der Waals surface area contributed by atoms with E-state index in [-0.39, 0.29) is 11.9 Å². The summed E-state index contributed by atoms with van der Waals surface area (Å²) in [7, 11) is 0. The predicted octanol–water partition coefficient (Wildman–Crippen LogP) is 1.22. The summed E-state index contributed by atoms with van der Waals surface area (Å²) in [4.78, 5) is 11.7. The second-order valence-corrected chi connectivity index (χ2v) is 3.87. The standard InChI is InChI=1S/C12H16N2O2/c1-2-10(13)8-3-4-11-9(7-8)12(15)14-5-6-16-11/h3-4,7,10H,2,5-6,13H2,1H3,(H,14,15)/t10-/m1/s1. The minimum Gasteiger partial charge on any atom is -0.491 e. The molecule has 4 nitrogen and oxygen atoms in total. The minimum absolute atomic E-state index is 0.0265. The lowest BCUT2D eigenvalue weighted by atomic mass is 10.0. The smallest absolute Gasteiger partial charge is 0.255 e. The fourth-order valence-corrected chi connectivity index (χ4v) is 1.74. The minimum atomic E-state index is -0.0855. The molecule has 1 aliphatic rings. The van der Waals surface area contributed by atoms with Crippen LogP contribution in [-0.2, 0) is 0 Å². The summed E-state index contributed by atoms with van der Waals surface area (Å²) in [5.74, 6) is 0.555. The Morgan fingerprint density at radius 1 is 1.56 bits per heavy atom. The number of amides is 1. The number of nitrogens with two attached hydrogens (primary N) is 1. The van der Waals surface area contributed by atoms with Crippen LogP contribution in [0.15, 0.2) is 18.2 Å². The van der Waals surface area contributed by atoms with E-state index in [1.807, 2.05) is 25.1 Å². The molecule has 0 fully saturated rings. The van der Waals surface area contributed by atoms with E-state index in [1.165, 1.54) is 0 Å². The molecule has 0 spiro atoms. The number of carbonyl (C=O) groups excluding carboxylic acids is 1. The summed E-state index contributed by atoms with van der Waals surface area (Å²) in [6, 6.07) is 5.54. The van der Waals surface area contributed by atoms with E-state index in [4.69, 9.17) is 10.5 Å². The first-order chi connectivity index (χ1) is 7.72. The molecule has 1 amide bonds. The Hall–Kier alpha value is -1.55. The topological polar surface area (TPSA) is 64.4 Å². The van der Waals surface area contributed by atoms with Crippen molar-refractivity contribution < 1.29 is 9.53 Å². The van der Waals surface area contributed by atoms with Crippen LogP contribution in [0.5, 0.6) is 5.75 Å². The van der Waals surface area contributed by atoms with Crippen LogP contribution in [0.1, 0.15) is 35.3 Å². The number of hydrogen-bond donors (Lipinski definition) is 2. The maximum Gasteiger partial charge on any atom is 0.255 e. The van der Waals surface area contributed by atoms with Gasteiger partial charge in [-0.15, -0.1) is 0 Å². The summed E-state index contributed by atoms with van der Waals surface area (Å²) in [6.07, 6.45) is 0.848. The Morgan fingerprint density at radius 3 is 3.12 bits per heavy atom. The molecule has 1 aromatic carbocycles. The van der Waals surface area contributed by atoms with Crippen LogP contribution in [0.2, 0.25) is 0 Å². The van der Waals surface area contributed by atoms with Crippen LogP contribution in [0.25, 0.3) is 0 Å². The molecule has 3 N–H and O–H groups in total. The van der Waals surface area contributed by atoms with Gasteiger partial charge in [0.2, 0.25) is 0 Å². The van der Waals surface area contributed by atoms with Crippen molar-refractivity contribution in [1.82, 2.24) is 5.32 Å². The van der Waals surface area contributed by atoms with Gasteiger partial charge >= 0.3 is 0 Å². The van der Waals surface area contributed by atoms with Crippen molar-refractivity contribution in [3.63, 3.8) is 0 Å². The van der Waals surface area contributed by atoms with Crippen LogP contribution >= 0.6 is 0 Å². The number of nitrogens with one attached hydrogen (secondary N) is 1. The van der Waals surface area contributed by atoms with Crippen molar-refractivity contribution in [3.8, 4) is 5.75 Å². The number of ether oxygens (including phenoxy) is 1. The highest BCUT2D eigenvalue weighted by molar-refractivity contribution is 5.97. The summed E-state index contributed by atoms with van der Waals surface area (Å²) in [5.41, 5.74) is 7.50. The first-order valence-electron chi connectivity index (χ1n) is 5.53. The lowest BCUT2D eigenvalue weighted by Gasteiger charge is -2.12. The van der Waals surface area contributed by atoms with Crippen LogP contribution < -0.4 is 15.8 Å². The second-order valence-electron chi connectivity index (χ2n) is 3.87. The number of carbonyl (C=O) groups is 1. The molecule has 0 aliphatic carbocycles. The van der Waals surface area contributed by atoms with Crippen molar-refractivity contribution in [2.75, 3.05) is 13.2 Å². The molecule has 0 aromatic heterocycles. The van der Waals surface area contributed by atoms with Gasteiger partial charge < -0.3 is 15.8 Å². The summed E-state index contributed by atoms with van der Waals surface area (Å²) in [6.45, 7) is 3.08. The molecule has 0 unspecified atom stereocenters. The molecular formula is C12H16N2O2. The quantitative estimate of drug-likeness (QED) is 0.787. The monoisotopic (exact) mass is 220 g/mol. The Morgan fingerprint density at radius 2 is 2.38 bits per heavy atom. The molecule has 2 rings (SSSR count). The summed E-state index contributed by atoms with van der Waals surface area (Å²) >= 11 is 0. The normalized spacial score (nSPS) is 16.8. The van der Waals surface area contributed by atoms with E-state index in [0.717, 1.165) is 12.0 Å². The molecule has 1 aliphatic heterocycles. The van der Waals surface area contributed by atoms with Crippen molar-refractivity contribution in [2.24, 2.45) is 5.73 Å². The largest absolute Gasteiger partial charge is 0.491 e. The SMILES string of the molecule is CC[C@@H](N)c1ccc2c(c1)C(=O)NCCO2. The zero-order chi connectivity index (χ0) is 11.5. The van der Waals surface area contributed by atoms with Crippen molar-refractivity contribution in [1.29, 1.82) is 0 Å². The van der Waals surface area contributed by atoms with E-state index in [1.54, 1.807) is 0 Å². The fraction of sp³-hybridized carbons (Fsp3) is 0.417. The fourth-order valence-electron chi connectivity index (χ4n) is 1.74. The van der Waals surface area contributed by atoms with E-state index >= 15 is 0 Å². The van der Waals surface area contributed by atoms with Gasteiger partial charge in [0.15, 0.2) is 0 Å². The van der Waals surface area contributed by atoms with Crippen LogP contribution in [0, 0.1) is 0 Å². The highest BCUT2D eigenvalue weighted by Crippen LogP contribution is 2.24. The third-order valence-corrected chi connectivity index (χ3v) is 2.76. The molecular weight excluding hydrogens is 204 g/mol. The van der Waals surface area contributed by atoms with E-state index in [9.17, 15) is 4.79 Å². The Labute approximate surface area is 94.8 Å². The zero-order valence-corrected chi connectivity index (χ0v) is 9.32. The molecule has 86 valence electrons. The van der Waals surface area contributed by atoms with Crippen LogP contribution in [0.4, 0.5) is 0 Å². The number of fused-ring (bicyclic) bond motifs is 1. The van der Waals surface area contributed by atoms with E-state index in [0.29, 0.717) is 24.5 Å². The lowest BCUT2D eigenvalue weighted by Crippen LogP contribution is -2.24. The average Bonchev–Trinajstić information content (AvgIpc) is 2.50. The van der Waals surface area contributed by atoms with Gasteiger partial charge in [0.05, 0.1) is 12.1 Å². The molecule has 0 radical (unpaired) electrons.